The Morgan fingerprint density at radius 1 is 1.08 bits per heavy atom. The number of amides is 1. The van der Waals surface area contributed by atoms with E-state index in [-0.39, 0.29) is 11.4 Å². The molecule has 26 heavy (non-hydrogen) atoms. The first-order chi connectivity index (χ1) is 12.3. The highest BCUT2D eigenvalue weighted by Crippen LogP contribution is 2.35. The number of aromatic nitrogens is 1. The van der Waals surface area contributed by atoms with Crippen molar-refractivity contribution in [3.63, 3.8) is 0 Å². The van der Waals surface area contributed by atoms with Gasteiger partial charge in [0.1, 0.15) is 16.1 Å². The molecule has 0 bridgehead atoms. The lowest BCUT2D eigenvalue weighted by Crippen LogP contribution is -2.13. The van der Waals surface area contributed by atoms with E-state index >= 15 is 0 Å². The molecule has 0 saturated heterocycles. The molecule has 0 spiro atoms. The van der Waals surface area contributed by atoms with E-state index in [9.17, 15) is 9.90 Å². The summed E-state index contributed by atoms with van der Waals surface area (Å²) >= 11 is 3.28. The molecule has 0 aliphatic rings. The van der Waals surface area contributed by atoms with Crippen molar-refractivity contribution in [2.75, 3.05) is 0 Å². The van der Waals surface area contributed by atoms with Crippen molar-refractivity contribution in [1.82, 2.24) is 4.98 Å². The molecule has 7 nitrogen and oxygen atoms in total. The third-order valence-corrected chi connectivity index (χ3v) is 3.72. The van der Waals surface area contributed by atoms with Crippen LogP contribution in [0.25, 0.3) is 10.8 Å². The molecule has 0 atom stereocenters. The van der Waals surface area contributed by atoms with Crippen LogP contribution in [0.3, 0.4) is 0 Å². The van der Waals surface area contributed by atoms with Gasteiger partial charge in [-0.05, 0) is 46.3 Å². The van der Waals surface area contributed by atoms with Crippen molar-refractivity contribution in [2.45, 2.75) is 6.92 Å². The van der Waals surface area contributed by atoms with Gasteiger partial charge in [0, 0.05) is 17.7 Å². The Morgan fingerprint density at radius 2 is 1.69 bits per heavy atom. The van der Waals surface area contributed by atoms with Gasteiger partial charge in [0.2, 0.25) is 0 Å². The van der Waals surface area contributed by atoms with E-state index in [4.69, 9.17) is 20.4 Å². The highest BCUT2D eigenvalue weighted by atomic mass is 79.9. The van der Waals surface area contributed by atoms with Gasteiger partial charge in [0.15, 0.2) is 11.4 Å². The van der Waals surface area contributed by atoms with Gasteiger partial charge in [-0.15, -0.1) is 0 Å². The van der Waals surface area contributed by atoms with Gasteiger partial charge in [0.05, 0.1) is 0 Å². The molecule has 0 unspecified atom stereocenters. The van der Waals surface area contributed by atoms with Crippen LogP contribution in [-0.4, -0.2) is 27.1 Å². The summed E-state index contributed by atoms with van der Waals surface area (Å²) in [6, 6.07) is 14.4. The maximum atomic E-state index is 11.3. The average Bonchev–Trinajstić information content (AvgIpc) is 2.58. The fourth-order valence-corrected chi connectivity index (χ4v) is 2.60. The second-order valence-electron chi connectivity index (χ2n) is 5.11. The Morgan fingerprint density at radius 3 is 2.27 bits per heavy atom. The summed E-state index contributed by atoms with van der Waals surface area (Å²) in [5.41, 5.74) is 5.03. The number of nitrogens with zero attached hydrogens (tertiary/aromatic N) is 1. The van der Waals surface area contributed by atoms with Crippen molar-refractivity contribution >= 4 is 38.6 Å². The van der Waals surface area contributed by atoms with E-state index in [1.807, 2.05) is 30.3 Å². The molecule has 134 valence electrons. The summed E-state index contributed by atoms with van der Waals surface area (Å²) in [6.07, 6.45) is 0. The molecule has 4 N–H and O–H groups in total. The fraction of sp³-hybridized carbons (Fsp3) is 0.0556. The zero-order valence-electron chi connectivity index (χ0n) is 13.6. The summed E-state index contributed by atoms with van der Waals surface area (Å²) in [6.45, 7) is 1.08. The summed E-state index contributed by atoms with van der Waals surface area (Å²) in [7, 11) is 0. The van der Waals surface area contributed by atoms with Crippen LogP contribution in [0.15, 0.2) is 53.1 Å². The molecule has 1 heterocycles. The minimum Gasteiger partial charge on any atom is -0.505 e. The van der Waals surface area contributed by atoms with Crippen LogP contribution in [0.4, 0.5) is 0 Å². The number of hydrogen-bond acceptors (Lipinski definition) is 5. The first-order valence-electron chi connectivity index (χ1n) is 7.34. The zero-order valence-corrected chi connectivity index (χ0v) is 15.2. The number of rotatable bonds is 3. The number of carbonyl (C=O) groups is 2. The molecule has 3 aromatic rings. The van der Waals surface area contributed by atoms with Crippen LogP contribution >= 0.6 is 15.9 Å². The maximum absolute atomic E-state index is 11.3. The predicted molar refractivity (Wildman–Crippen MR) is 99.5 cm³/mol. The van der Waals surface area contributed by atoms with Gasteiger partial charge in [-0.1, -0.05) is 18.2 Å². The van der Waals surface area contributed by atoms with Crippen LogP contribution in [0.2, 0.25) is 0 Å². The van der Waals surface area contributed by atoms with Gasteiger partial charge < -0.3 is 20.7 Å². The normalized spacial score (nSPS) is 9.92. The minimum absolute atomic E-state index is 0.170. The quantitative estimate of drug-likeness (QED) is 0.557. The number of nitrogens with two attached hydrogens (primary N) is 1. The van der Waals surface area contributed by atoms with Gasteiger partial charge >= 0.3 is 0 Å². The number of para-hydroxylation sites is 1. The molecule has 3 rings (SSSR count). The monoisotopic (exact) mass is 418 g/mol. The lowest BCUT2D eigenvalue weighted by molar-refractivity contribution is -0.134. The number of pyridine rings is 1. The molecule has 0 saturated carbocycles. The molecule has 2 aromatic carbocycles. The van der Waals surface area contributed by atoms with Crippen LogP contribution < -0.4 is 10.5 Å². The second-order valence-corrected chi connectivity index (χ2v) is 5.86. The fourth-order valence-electron chi connectivity index (χ4n) is 2.10. The topological polar surface area (TPSA) is 123 Å². The van der Waals surface area contributed by atoms with Gasteiger partial charge in [-0.25, -0.2) is 4.98 Å². The molecule has 1 amide bonds. The molecular formula is C18H15BrN2O5. The largest absolute Gasteiger partial charge is 0.505 e. The summed E-state index contributed by atoms with van der Waals surface area (Å²) in [5.74, 6) is -0.571. The number of carboxylic acid groups (broad SMARTS) is 1. The van der Waals surface area contributed by atoms with E-state index < -0.39 is 11.9 Å². The Bertz CT molecular complexity index is 957. The molecule has 1 aromatic heterocycles. The molecule has 0 aliphatic carbocycles. The van der Waals surface area contributed by atoms with Crippen molar-refractivity contribution in [3.8, 4) is 17.2 Å². The third-order valence-electron chi connectivity index (χ3n) is 3.11. The van der Waals surface area contributed by atoms with Crippen LogP contribution in [-0.2, 0) is 4.79 Å². The second kappa shape index (κ2) is 8.30. The van der Waals surface area contributed by atoms with Crippen LogP contribution in [0.5, 0.6) is 17.2 Å². The standard InChI is InChI=1S/C16H11BrN2O3.C2H4O2/c17-15-12-8-10(22-9-4-2-1-3-5-9)6-7-11(12)14(20)13(19-15)16(18)21;1-2(3)4/h1-8,20H,(H2,18,21);1H3,(H,3,4). The Balaban J connectivity index is 0.000000552. The average molecular weight is 419 g/mol. The van der Waals surface area contributed by atoms with E-state index in [1.165, 1.54) is 0 Å². The number of benzene rings is 2. The third kappa shape index (κ3) is 4.70. The smallest absolute Gasteiger partial charge is 0.300 e. The lowest BCUT2D eigenvalue weighted by atomic mass is 10.1. The molecule has 8 heteroatoms. The van der Waals surface area contributed by atoms with Crippen LogP contribution in [0, 0.1) is 0 Å². The number of carboxylic acids is 1. The van der Waals surface area contributed by atoms with Gasteiger partial charge in [-0.2, -0.15) is 0 Å². The van der Waals surface area contributed by atoms with E-state index in [0.29, 0.717) is 26.9 Å². The lowest BCUT2D eigenvalue weighted by Gasteiger charge is -2.10. The highest BCUT2D eigenvalue weighted by molar-refractivity contribution is 9.10. The first-order valence-corrected chi connectivity index (χ1v) is 8.13. The Kier molecular flexibility index (Phi) is 6.13. The number of carbonyl (C=O) groups excluding carboxylic acids is 1. The SMILES string of the molecule is CC(=O)O.NC(=O)c1nc(Br)c2cc(Oc3ccccc3)ccc2c1O. The number of hydrogen-bond donors (Lipinski definition) is 3. The first kappa shape index (κ1) is 19.2. The zero-order chi connectivity index (χ0) is 19.3. The minimum atomic E-state index is -0.833. The van der Waals surface area contributed by atoms with Gasteiger partial charge in [0.25, 0.3) is 11.9 Å². The number of halogens is 1. The number of aromatic hydroxyl groups is 1. The number of primary amides is 1. The molecular weight excluding hydrogens is 404 g/mol. The van der Waals surface area contributed by atoms with E-state index in [0.717, 1.165) is 6.92 Å². The molecule has 0 radical (unpaired) electrons. The van der Waals surface area contributed by atoms with Crippen molar-refractivity contribution in [3.05, 3.63) is 58.8 Å². The van der Waals surface area contributed by atoms with E-state index in [2.05, 4.69) is 20.9 Å². The summed E-state index contributed by atoms with van der Waals surface area (Å²) < 4.78 is 6.15. The number of fused-ring (bicyclic) bond motifs is 1. The predicted octanol–water partition coefficient (Wildman–Crippen LogP) is 3.69. The Hall–Kier alpha value is -3.13. The summed E-state index contributed by atoms with van der Waals surface area (Å²) in [4.78, 5) is 24.3. The maximum Gasteiger partial charge on any atom is 0.300 e. The van der Waals surface area contributed by atoms with Crippen molar-refractivity contribution in [2.24, 2.45) is 5.73 Å². The van der Waals surface area contributed by atoms with Crippen molar-refractivity contribution in [1.29, 1.82) is 0 Å². The highest BCUT2D eigenvalue weighted by Gasteiger charge is 2.16. The number of aliphatic carboxylic acids is 1. The molecule has 0 fully saturated rings. The summed E-state index contributed by atoms with van der Waals surface area (Å²) in [5, 5.41) is 18.6. The number of ether oxygens (including phenoxy) is 1. The van der Waals surface area contributed by atoms with Gasteiger partial charge in [-0.3, -0.25) is 9.59 Å². The van der Waals surface area contributed by atoms with Crippen LogP contribution in [0.1, 0.15) is 17.4 Å². The van der Waals surface area contributed by atoms with Crippen molar-refractivity contribution < 1.29 is 24.5 Å². The van der Waals surface area contributed by atoms with E-state index in [1.54, 1.807) is 18.2 Å². The Labute approximate surface area is 157 Å². The molecule has 0 aliphatic heterocycles.